The van der Waals surface area contributed by atoms with Gasteiger partial charge < -0.3 is 9.40 Å². The van der Waals surface area contributed by atoms with Gasteiger partial charge in [0, 0.05) is 18.2 Å². The van der Waals surface area contributed by atoms with Crippen molar-refractivity contribution in [2.45, 2.75) is 77.5 Å². The van der Waals surface area contributed by atoms with Crippen molar-refractivity contribution in [1.82, 2.24) is 30.1 Å². The summed E-state index contributed by atoms with van der Waals surface area (Å²) in [6, 6.07) is 12.4. The Morgan fingerprint density at radius 2 is 2.06 bits per heavy atom. The molecule has 0 saturated heterocycles. The summed E-state index contributed by atoms with van der Waals surface area (Å²) >= 11 is 0. The zero-order valence-corrected chi connectivity index (χ0v) is 19.9. The number of aryl methyl sites for hydroxylation is 1. The van der Waals surface area contributed by atoms with Crippen molar-refractivity contribution in [2.75, 3.05) is 0 Å². The fourth-order valence-corrected chi connectivity index (χ4v) is 5.33. The number of tetrazole rings is 1. The molecule has 1 saturated carbocycles. The number of rotatable bonds is 8. The minimum absolute atomic E-state index is 0.000619. The zero-order valence-electron chi connectivity index (χ0n) is 19.9. The number of hydrogen-bond acceptors (Lipinski definition) is 6. The average Bonchev–Trinajstić information content (AvgIpc) is 3.53. The number of fused-ring (bicyclic) bond motifs is 1. The lowest BCUT2D eigenvalue weighted by atomic mass is 9.92. The van der Waals surface area contributed by atoms with E-state index in [0.717, 1.165) is 52.9 Å². The van der Waals surface area contributed by atoms with Crippen molar-refractivity contribution < 1.29 is 4.42 Å². The van der Waals surface area contributed by atoms with Gasteiger partial charge in [-0.05, 0) is 65.8 Å². The standard InChI is InChI=1S/C26H32N6O2/c1-3-23(25-28-29-30-32(25)17-22-13-8-14-34-22)31(21-11-5-4-6-12-21)16-20-15-19-10-7-9-18(2)24(19)27-26(20)33/h7-10,13-15,21,23H,3-6,11-12,16-17H2,1-2H3,(H,27,33). The molecular formula is C26H32N6O2. The van der Waals surface area contributed by atoms with Gasteiger partial charge in [-0.3, -0.25) is 9.69 Å². The number of nitrogens with one attached hydrogen (secondary N) is 1. The molecule has 1 unspecified atom stereocenters. The molecule has 8 heteroatoms. The summed E-state index contributed by atoms with van der Waals surface area (Å²) < 4.78 is 7.37. The molecule has 1 atom stereocenters. The number of aromatic nitrogens is 5. The molecule has 8 nitrogen and oxygen atoms in total. The maximum atomic E-state index is 13.1. The van der Waals surface area contributed by atoms with Gasteiger partial charge >= 0.3 is 0 Å². The molecule has 1 aliphatic rings. The number of benzene rings is 1. The van der Waals surface area contributed by atoms with E-state index in [2.05, 4.69) is 44.5 Å². The molecule has 0 amide bonds. The van der Waals surface area contributed by atoms with Crippen LogP contribution in [0.15, 0.2) is 51.9 Å². The Labute approximate surface area is 199 Å². The topological polar surface area (TPSA) is 92.8 Å². The SMILES string of the molecule is CCC(c1nnnn1Cc1ccco1)N(Cc1cc2cccc(C)c2[nH]c1=O)C1CCCCC1. The van der Waals surface area contributed by atoms with Crippen LogP contribution in [0.3, 0.4) is 0 Å². The Kier molecular flexibility index (Phi) is 6.58. The van der Waals surface area contributed by atoms with Gasteiger partial charge in [0.15, 0.2) is 5.82 Å². The lowest BCUT2D eigenvalue weighted by Gasteiger charge is -2.39. The van der Waals surface area contributed by atoms with E-state index in [4.69, 9.17) is 4.42 Å². The molecule has 34 heavy (non-hydrogen) atoms. The summed E-state index contributed by atoms with van der Waals surface area (Å²) in [4.78, 5) is 18.7. The maximum Gasteiger partial charge on any atom is 0.252 e. The van der Waals surface area contributed by atoms with Gasteiger partial charge in [0.1, 0.15) is 12.3 Å². The van der Waals surface area contributed by atoms with E-state index in [1.807, 2.05) is 35.9 Å². The highest BCUT2D eigenvalue weighted by molar-refractivity contribution is 5.81. The number of nitrogens with zero attached hydrogens (tertiary/aromatic N) is 5. The second-order valence-corrected chi connectivity index (χ2v) is 9.33. The lowest BCUT2D eigenvalue weighted by Crippen LogP contribution is -2.41. The number of H-pyrrole nitrogens is 1. The number of aromatic amines is 1. The van der Waals surface area contributed by atoms with Crippen molar-refractivity contribution in [3.8, 4) is 0 Å². The number of pyridine rings is 1. The van der Waals surface area contributed by atoms with Crippen molar-refractivity contribution in [3.05, 3.63) is 75.7 Å². The molecule has 5 rings (SSSR count). The summed E-state index contributed by atoms with van der Waals surface area (Å²) in [7, 11) is 0. The third-order valence-electron chi connectivity index (χ3n) is 7.09. The van der Waals surface area contributed by atoms with E-state index >= 15 is 0 Å². The molecule has 3 heterocycles. The molecule has 1 aromatic carbocycles. The average molecular weight is 461 g/mol. The van der Waals surface area contributed by atoms with Crippen LogP contribution in [0, 0.1) is 6.92 Å². The molecule has 0 bridgehead atoms. The van der Waals surface area contributed by atoms with Gasteiger partial charge in [-0.25, -0.2) is 4.68 Å². The predicted molar refractivity (Wildman–Crippen MR) is 130 cm³/mol. The Morgan fingerprint density at radius 3 is 2.82 bits per heavy atom. The molecule has 0 spiro atoms. The molecule has 3 aromatic heterocycles. The van der Waals surface area contributed by atoms with Crippen molar-refractivity contribution in [2.24, 2.45) is 0 Å². The van der Waals surface area contributed by atoms with Crippen LogP contribution in [0.2, 0.25) is 0 Å². The van der Waals surface area contributed by atoms with E-state index < -0.39 is 0 Å². The zero-order chi connectivity index (χ0) is 23.5. The second kappa shape index (κ2) is 9.93. The third kappa shape index (κ3) is 4.55. The van der Waals surface area contributed by atoms with Gasteiger partial charge in [0.05, 0.1) is 17.8 Å². The van der Waals surface area contributed by atoms with Crippen LogP contribution < -0.4 is 5.56 Å². The van der Waals surface area contributed by atoms with Crippen molar-refractivity contribution in [3.63, 3.8) is 0 Å². The Balaban J connectivity index is 1.51. The first kappa shape index (κ1) is 22.5. The van der Waals surface area contributed by atoms with E-state index in [0.29, 0.717) is 19.1 Å². The number of furan rings is 1. The third-order valence-corrected chi connectivity index (χ3v) is 7.09. The van der Waals surface area contributed by atoms with Gasteiger partial charge in [0.25, 0.3) is 5.56 Å². The predicted octanol–water partition coefficient (Wildman–Crippen LogP) is 4.75. The Morgan fingerprint density at radius 1 is 1.21 bits per heavy atom. The minimum atomic E-state index is -0.0207. The largest absolute Gasteiger partial charge is 0.467 e. The Bertz CT molecular complexity index is 1290. The van der Waals surface area contributed by atoms with Gasteiger partial charge in [0.2, 0.25) is 0 Å². The first-order valence-corrected chi connectivity index (χ1v) is 12.3. The minimum Gasteiger partial charge on any atom is -0.467 e. The summed E-state index contributed by atoms with van der Waals surface area (Å²) in [6.07, 6.45) is 8.46. The van der Waals surface area contributed by atoms with Crippen LogP contribution in [0.1, 0.15) is 74.2 Å². The van der Waals surface area contributed by atoms with Crippen LogP contribution in [0.5, 0.6) is 0 Å². The van der Waals surface area contributed by atoms with E-state index in [-0.39, 0.29) is 11.6 Å². The molecule has 1 N–H and O–H groups in total. The molecule has 1 aliphatic carbocycles. The van der Waals surface area contributed by atoms with E-state index in [1.165, 1.54) is 19.3 Å². The summed E-state index contributed by atoms with van der Waals surface area (Å²) in [5, 5.41) is 13.8. The van der Waals surface area contributed by atoms with Crippen LogP contribution in [0.25, 0.3) is 10.9 Å². The molecule has 178 valence electrons. The summed E-state index contributed by atoms with van der Waals surface area (Å²) in [5.74, 6) is 1.63. The highest BCUT2D eigenvalue weighted by atomic mass is 16.3. The molecule has 1 fully saturated rings. The van der Waals surface area contributed by atoms with Crippen LogP contribution in [-0.2, 0) is 13.1 Å². The Hall–Kier alpha value is -3.26. The van der Waals surface area contributed by atoms with E-state index in [9.17, 15) is 4.79 Å². The van der Waals surface area contributed by atoms with E-state index in [1.54, 1.807) is 6.26 Å². The van der Waals surface area contributed by atoms with Gasteiger partial charge in [-0.1, -0.05) is 44.4 Å². The molecule has 0 aliphatic heterocycles. The fourth-order valence-electron chi connectivity index (χ4n) is 5.33. The second-order valence-electron chi connectivity index (χ2n) is 9.33. The summed E-state index contributed by atoms with van der Waals surface area (Å²) in [6.45, 7) is 5.24. The smallest absolute Gasteiger partial charge is 0.252 e. The molecular weight excluding hydrogens is 428 g/mol. The van der Waals surface area contributed by atoms with Gasteiger partial charge in [-0.15, -0.1) is 5.10 Å². The van der Waals surface area contributed by atoms with Crippen molar-refractivity contribution in [1.29, 1.82) is 0 Å². The first-order chi connectivity index (χ1) is 16.6. The molecule has 0 radical (unpaired) electrons. The quantitative estimate of drug-likeness (QED) is 0.408. The van der Waals surface area contributed by atoms with Crippen LogP contribution in [-0.4, -0.2) is 36.1 Å². The monoisotopic (exact) mass is 460 g/mol. The highest BCUT2D eigenvalue weighted by Crippen LogP contribution is 2.33. The highest BCUT2D eigenvalue weighted by Gasteiger charge is 2.32. The summed E-state index contributed by atoms with van der Waals surface area (Å²) in [5.41, 5.74) is 2.75. The molecule has 4 aromatic rings. The van der Waals surface area contributed by atoms with Gasteiger partial charge in [-0.2, -0.15) is 0 Å². The van der Waals surface area contributed by atoms with Crippen molar-refractivity contribution >= 4 is 10.9 Å². The maximum absolute atomic E-state index is 13.1. The first-order valence-electron chi connectivity index (χ1n) is 12.3. The number of hydrogen-bond donors (Lipinski definition) is 1. The fraction of sp³-hybridized carbons (Fsp3) is 0.462. The lowest BCUT2D eigenvalue weighted by molar-refractivity contribution is 0.0842. The normalized spacial score (nSPS) is 15.9. The number of para-hydroxylation sites is 1. The van der Waals surface area contributed by atoms with Crippen LogP contribution in [0.4, 0.5) is 0 Å². The van der Waals surface area contributed by atoms with Crippen LogP contribution >= 0.6 is 0 Å².